The minimum absolute atomic E-state index is 0.0840. The van der Waals surface area contributed by atoms with Crippen molar-refractivity contribution in [3.63, 3.8) is 0 Å². The SMILES string of the molecule is COc1cc(N)c(OCc2cnc(Cl)s2)cc1[N+](=O)[O-]. The van der Waals surface area contributed by atoms with Gasteiger partial charge in [0.2, 0.25) is 0 Å². The van der Waals surface area contributed by atoms with Crippen molar-refractivity contribution >= 4 is 34.3 Å². The molecule has 0 amide bonds. The number of nitrogens with two attached hydrogens (primary N) is 1. The van der Waals surface area contributed by atoms with Crippen LogP contribution in [0.2, 0.25) is 4.47 Å². The Bertz CT molecular complexity index is 647. The van der Waals surface area contributed by atoms with Gasteiger partial charge in [-0.25, -0.2) is 4.98 Å². The van der Waals surface area contributed by atoms with E-state index in [0.717, 1.165) is 4.88 Å². The van der Waals surface area contributed by atoms with Crippen molar-refractivity contribution in [3.8, 4) is 11.5 Å². The number of thiazole rings is 1. The molecule has 0 bridgehead atoms. The van der Waals surface area contributed by atoms with Gasteiger partial charge in [0.25, 0.3) is 0 Å². The topological polar surface area (TPSA) is 101 Å². The highest BCUT2D eigenvalue weighted by Gasteiger charge is 2.19. The fraction of sp³-hybridized carbons (Fsp3) is 0.182. The first-order valence-corrected chi connectivity index (χ1v) is 6.55. The number of hydrogen-bond acceptors (Lipinski definition) is 7. The van der Waals surface area contributed by atoms with Crippen molar-refractivity contribution in [3.05, 3.63) is 37.8 Å². The second-order valence-electron chi connectivity index (χ2n) is 3.69. The predicted molar refractivity (Wildman–Crippen MR) is 75.5 cm³/mol. The van der Waals surface area contributed by atoms with Crippen LogP contribution < -0.4 is 15.2 Å². The first-order chi connectivity index (χ1) is 9.51. The Morgan fingerprint density at radius 2 is 2.25 bits per heavy atom. The lowest BCUT2D eigenvalue weighted by molar-refractivity contribution is -0.385. The van der Waals surface area contributed by atoms with Gasteiger partial charge in [0.05, 0.1) is 28.7 Å². The summed E-state index contributed by atoms with van der Waals surface area (Å²) in [5, 5.41) is 10.9. The molecule has 0 unspecified atom stereocenters. The molecule has 0 aliphatic heterocycles. The molecule has 0 atom stereocenters. The van der Waals surface area contributed by atoms with E-state index in [1.165, 1.54) is 30.6 Å². The van der Waals surface area contributed by atoms with Gasteiger partial charge < -0.3 is 15.2 Å². The molecular weight excluding hydrogens is 306 g/mol. The third-order valence-corrected chi connectivity index (χ3v) is 3.49. The summed E-state index contributed by atoms with van der Waals surface area (Å²) in [6, 6.07) is 2.59. The third-order valence-electron chi connectivity index (χ3n) is 2.40. The van der Waals surface area contributed by atoms with E-state index in [1.54, 1.807) is 6.20 Å². The molecule has 0 saturated carbocycles. The Labute approximate surface area is 123 Å². The lowest BCUT2D eigenvalue weighted by atomic mass is 10.2. The van der Waals surface area contributed by atoms with Crippen molar-refractivity contribution in [2.45, 2.75) is 6.61 Å². The number of benzene rings is 1. The van der Waals surface area contributed by atoms with E-state index < -0.39 is 4.92 Å². The molecule has 0 fully saturated rings. The van der Waals surface area contributed by atoms with Gasteiger partial charge in [0.1, 0.15) is 12.4 Å². The highest BCUT2D eigenvalue weighted by atomic mass is 35.5. The molecule has 1 aromatic heterocycles. The van der Waals surface area contributed by atoms with Gasteiger partial charge in [-0.15, -0.1) is 11.3 Å². The molecule has 0 saturated heterocycles. The second kappa shape index (κ2) is 5.93. The Balaban J connectivity index is 2.23. The smallest absolute Gasteiger partial charge is 0.314 e. The zero-order valence-electron chi connectivity index (χ0n) is 10.3. The number of rotatable bonds is 5. The molecule has 0 aliphatic rings. The van der Waals surface area contributed by atoms with Crippen molar-refractivity contribution < 1.29 is 14.4 Å². The van der Waals surface area contributed by atoms with Gasteiger partial charge in [-0.3, -0.25) is 10.1 Å². The van der Waals surface area contributed by atoms with Gasteiger partial charge >= 0.3 is 5.69 Å². The zero-order valence-corrected chi connectivity index (χ0v) is 11.9. The number of hydrogen-bond donors (Lipinski definition) is 1. The van der Waals surface area contributed by atoms with Crippen LogP contribution >= 0.6 is 22.9 Å². The van der Waals surface area contributed by atoms with E-state index in [2.05, 4.69) is 4.98 Å². The van der Waals surface area contributed by atoms with Crippen LogP contribution in [0.3, 0.4) is 0 Å². The fourth-order valence-corrected chi connectivity index (χ4v) is 2.39. The average Bonchev–Trinajstić information content (AvgIpc) is 2.82. The van der Waals surface area contributed by atoms with E-state index in [9.17, 15) is 10.1 Å². The summed E-state index contributed by atoms with van der Waals surface area (Å²) < 4.78 is 10.8. The van der Waals surface area contributed by atoms with Crippen LogP contribution in [0.15, 0.2) is 18.3 Å². The second-order valence-corrected chi connectivity index (χ2v) is 5.38. The maximum atomic E-state index is 10.9. The van der Waals surface area contributed by atoms with E-state index in [4.69, 9.17) is 26.8 Å². The Hall–Kier alpha value is -2.06. The quantitative estimate of drug-likeness (QED) is 0.517. The summed E-state index contributed by atoms with van der Waals surface area (Å²) in [4.78, 5) is 15.0. The summed E-state index contributed by atoms with van der Waals surface area (Å²) in [5.41, 5.74) is 5.81. The molecule has 2 N–H and O–H groups in total. The maximum Gasteiger partial charge on any atom is 0.314 e. The number of aromatic nitrogens is 1. The zero-order chi connectivity index (χ0) is 14.7. The van der Waals surface area contributed by atoms with Crippen LogP contribution in [0, 0.1) is 10.1 Å². The number of nitro groups is 1. The van der Waals surface area contributed by atoms with Crippen molar-refractivity contribution in [1.82, 2.24) is 4.98 Å². The number of anilines is 1. The summed E-state index contributed by atoms with van der Waals surface area (Å²) >= 11 is 6.96. The predicted octanol–water partition coefficient (Wildman–Crippen LogP) is 2.87. The molecular formula is C11H10ClN3O4S. The maximum absolute atomic E-state index is 10.9. The molecule has 2 rings (SSSR count). The van der Waals surface area contributed by atoms with E-state index in [-0.39, 0.29) is 29.5 Å². The molecule has 1 aromatic carbocycles. The van der Waals surface area contributed by atoms with Gasteiger partial charge in [0, 0.05) is 12.3 Å². The van der Waals surface area contributed by atoms with Crippen LogP contribution in [0.4, 0.5) is 11.4 Å². The van der Waals surface area contributed by atoms with Gasteiger partial charge in [-0.2, -0.15) is 0 Å². The fourth-order valence-electron chi connectivity index (χ4n) is 1.50. The summed E-state index contributed by atoms with van der Waals surface area (Å²) in [5.74, 6) is 0.294. The van der Waals surface area contributed by atoms with Crippen molar-refractivity contribution in [2.24, 2.45) is 0 Å². The number of ether oxygens (including phenoxy) is 2. The van der Waals surface area contributed by atoms with E-state index >= 15 is 0 Å². The molecule has 9 heteroatoms. The van der Waals surface area contributed by atoms with Crippen LogP contribution in [-0.4, -0.2) is 17.0 Å². The van der Waals surface area contributed by atoms with E-state index in [1.807, 2.05) is 0 Å². The highest BCUT2D eigenvalue weighted by molar-refractivity contribution is 7.15. The van der Waals surface area contributed by atoms with Crippen molar-refractivity contribution in [2.75, 3.05) is 12.8 Å². The third kappa shape index (κ3) is 3.09. The van der Waals surface area contributed by atoms with Crippen LogP contribution in [-0.2, 0) is 6.61 Å². The van der Waals surface area contributed by atoms with Crippen LogP contribution in [0.1, 0.15) is 4.88 Å². The molecule has 106 valence electrons. The normalized spacial score (nSPS) is 10.3. The standard InChI is InChI=1S/C11H10ClN3O4S/c1-18-10-2-7(13)9(3-8(10)15(16)17)19-5-6-4-14-11(12)20-6/h2-4H,5,13H2,1H3. The van der Waals surface area contributed by atoms with E-state index in [0.29, 0.717) is 4.47 Å². The number of methoxy groups -OCH3 is 1. The van der Waals surface area contributed by atoms with Gasteiger partial charge in [-0.05, 0) is 0 Å². The number of nitro benzene ring substituents is 1. The number of nitrogen functional groups attached to an aromatic ring is 1. The first-order valence-electron chi connectivity index (χ1n) is 5.36. The van der Waals surface area contributed by atoms with Crippen LogP contribution in [0.5, 0.6) is 11.5 Å². The molecule has 0 radical (unpaired) electrons. The molecule has 2 aromatic rings. The Kier molecular flexibility index (Phi) is 4.26. The highest BCUT2D eigenvalue weighted by Crippen LogP contribution is 2.36. The summed E-state index contributed by atoms with van der Waals surface area (Å²) in [6.45, 7) is 0.179. The molecule has 7 nitrogen and oxygen atoms in total. The largest absolute Gasteiger partial charge is 0.490 e. The number of nitrogens with zero attached hydrogens (tertiary/aromatic N) is 2. The number of halogens is 1. The molecule has 0 spiro atoms. The molecule has 0 aliphatic carbocycles. The average molecular weight is 316 g/mol. The van der Waals surface area contributed by atoms with Gasteiger partial charge in [0.15, 0.2) is 10.2 Å². The van der Waals surface area contributed by atoms with Crippen LogP contribution in [0.25, 0.3) is 0 Å². The Morgan fingerprint density at radius 3 is 2.80 bits per heavy atom. The van der Waals surface area contributed by atoms with Crippen molar-refractivity contribution in [1.29, 1.82) is 0 Å². The minimum Gasteiger partial charge on any atom is -0.490 e. The molecule has 20 heavy (non-hydrogen) atoms. The minimum atomic E-state index is -0.561. The summed E-state index contributed by atoms with van der Waals surface area (Å²) in [6.07, 6.45) is 1.57. The lowest BCUT2D eigenvalue weighted by Gasteiger charge is -2.09. The first kappa shape index (κ1) is 14.4. The Morgan fingerprint density at radius 1 is 1.50 bits per heavy atom. The monoisotopic (exact) mass is 315 g/mol. The molecule has 1 heterocycles. The van der Waals surface area contributed by atoms with Gasteiger partial charge in [-0.1, -0.05) is 11.6 Å². The summed E-state index contributed by atoms with van der Waals surface area (Å²) in [7, 11) is 1.33. The lowest BCUT2D eigenvalue weighted by Crippen LogP contribution is -2.01.